The number of rotatable bonds is 4. The van der Waals surface area contributed by atoms with E-state index >= 15 is 0 Å². The molecule has 2 rings (SSSR count). The maximum absolute atomic E-state index is 5.57. The lowest BCUT2D eigenvalue weighted by Crippen LogP contribution is -2.12. The van der Waals surface area contributed by atoms with Crippen LogP contribution in [0.4, 0.5) is 5.82 Å². The third kappa shape index (κ3) is 2.58. The molecule has 1 fully saturated rings. The van der Waals surface area contributed by atoms with Gasteiger partial charge in [0.25, 0.3) is 5.88 Å². The van der Waals surface area contributed by atoms with Gasteiger partial charge in [-0.25, -0.2) is 9.97 Å². The van der Waals surface area contributed by atoms with Crippen LogP contribution in [0.1, 0.15) is 27.2 Å². The molecule has 1 heterocycles. The van der Waals surface area contributed by atoms with Gasteiger partial charge in [0.05, 0.1) is 6.10 Å². The number of aromatic nitrogens is 2. The van der Waals surface area contributed by atoms with Crippen LogP contribution in [0.2, 0.25) is 0 Å². The summed E-state index contributed by atoms with van der Waals surface area (Å²) in [6.45, 7) is 6.19. The molecule has 0 aromatic carbocycles. The average molecular weight is 207 g/mol. The molecule has 1 aromatic rings. The van der Waals surface area contributed by atoms with Gasteiger partial charge in [-0.05, 0) is 26.2 Å². The van der Waals surface area contributed by atoms with Gasteiger partial charge < -0.3 is 10.1 Å². The SMILES string of the molecule is CC(C)Oc1nccnc1NC1CC1C. The van der Waals surface area contributed by atoms with Crippen LogP contribution in [0.5, 0.6) is 5.88 Å². The number of anilines is 1. The molecule has 0 saturated heterocycles. The monoisotopic (exact) mass is 207 g/mol. The van der Waals surface area contributed by atoms with Gasteiger partial charge in [0.15, 0.2) is 5.82 Å². The van der Waals surface area contributed by atoms with Crippen molar-refractivity contribution in [3.63, 3.8) is 0 Å². The van der Waals surface area contributed by atoms with Crippen LogP contribution < -0.4 is 10.1 Å². The van der Waals surface area contributed by atoms with Gasteiger partial charge in [-0.1, -0.05) is 6.92 Å². The van der Waals surface area contributed by atoms with Crippen molar-refractivity contribution in [3.05, 3.63) is 12.4 Å². The molecule has 0 amide bonds. The average Bonchev–Trinajstić information content (AvgIpc) is 2.84. The number of hydrogen-bond acceptors (Lipinski definition) is 4. The van der Waals surface area contributed by atoms with Gasteiger partial charge in [-0.3, -0.25) is 0 Å². The topological polar surface area (TPSA) is 47.0 Å². The second-order valence-electron chi connectivity index (χ2n) is 4.34. The highest BCUT2D eigenvalue weighted by molar-refractivity contribution is 5.46. The normalized spacial score (nSPS) is 24.0. The molecule has 2 atom stereocenters. The summed E-state index contributed by atoms with van der Waals surface area (Å²) in [6, 6.07) is 0.538. The Balaban J connectivity index is 2.07. The van der Waals surface area contributed by atoms with Crippen LogP contribution in [0.3, 0.4) is 0 Å². The highest BCUT2D eigenvalue weighted by Crippen LogP contribution is 2.34. The first kappa shape index (κ1) is 10.2. The third-order valence-electron chi connectivity index (χ3n) is 2.44. The van der Waals surface area contributed by atoms with Crippen molar-refractivity contribution in [2.75, 3.05) is 5.32 Å². The minimum Gasteiger partial charge on any atom is -0.472 e. The van der Waals surface area contributed by atoms with Gasteiger partial charge in [0, 0.05) is 18.4 Å². The molecule has 1 saturated carbocycles. The zero-order valence-electron chi connectivity index (χ0n) is 9.40. The Morgan fingerprint density at radius 3 is 2.67 bits per heavy atom. The third-order valence-corrected chi connectivity index (χ3v) is 2.44. The molecule has 0 bridgehead atoms. The van der Waals surface area contributed by atoms with Crippen LogP contribution >= 0.6 is 0 Å². The van der Waals surface area contributed by atoms with Crippen molar-refractivity contribution in [2.24, 2.45) is 5.92 Å². The van der Waals surface area contributed by atoms with Crippen LogP contribution in [0, 0.1) is 5.92 Å². The fourth-order valence-corrected chi connectivity index (χ4v) is 1.43. The Labute approximate surface area is 90.1 Å². The lowest BCUT2D eigenvalue weighted by atomic mass is 10.4. The summed E-state index contributed by atoms with van der Waals surface area (Å²) >= 11 is 0. The first-order chi connectivity index (χ1) is 7.16. The van der Waals surface area contributed by atoms with Crippen molar-refractivity contribution in [2.45, 2.75) is 39.3 Å². The van der Waals surface area contributed by atoms with E-state index in [0.717, 1.165) is 11.7 Å². The van der Waals surface area contributed by atoms with Crippen LogP contribution in [0.15, 0.2) is 12.4 Å². The van der Waals surface area contributed by atoms with E-state index in [4.69, 9.17) is 4.74 Å². The molecule has 1 aliphatic carbocycles. The standard InChI is InChI=1S/C11H17N3O/c1-7(2)15-11-10(12-4-5-13-11)14-9-6-8(9)3/h4-5,7-9H,6H2,1-3H3,(H,12,14). The molecule has 4 heteroatoms. The summed E-state index contributed by atoms with van der Waals surface area (Å²) in [5, 5.41) is 3.34. The maximum atomic E-state index is 5.57. The first-order valence-electron chi connectivity index (χ1n) is 5.41. The van der Waals surface area contributed by atoms with Gasteiger partial charge in [-0.2, -0.15) is 0 Å². The molecular weight excluding hydrogens is 190 g/mol. The van der Waals surface area contributed by atoms with Crippen molar-refractivity contribution < 1.29 is 4.74 Å². The fraction of sp³-hybridized carbons (Fsp3) is 0.636. The van der Waals surface area contributed by atoms with Crippen LogP contribution in [-0.2, 0) is 0 Å². The van der Waals surface area contributed by atoms with E-state index in [1.165, 1.54) is 6.42 Å². The fourth-order valence-electron chi connectivity index (χ4n) is 1.43. The lowest BCUT2D eigenvalue weighted by Gasteiger charge is -2.12. The van der Waals surface area contributed by atoms with Crippen molar-refractivity contribution in [3.8, 4) is 5.88 Å². The molecule has 0 radical (unpaired) electrons. The number of nitrogens with one attached hydrogen (secondary N) is 1. The number of hydrogen-bond donors (Lipinski definition) is 1. The predicted molar refractivity (Wildman–Crippen MR) is 59.0 cm³/mol. The zero-order chi connectivity index (χ0) is 10.8. The molecule has 4 nitrogen and oxygen atoms in total. The Morgan fingerprint density at radius 1 is 1.40 bits per heavy atom. The second-order valence-corrected chi connectivity index (χ2v) is 4.34. The summed E-state index contributed by atoms with van der Waals surface area (Å²) < 4.78 is 5.57. The smallest absolute Gasteiger partial charge is 0.257 e. The van der Waals surface area contributed by atoms with Crippen molar-refractivity contribution in [1.82, 2.24) is 9.97 Å². The lowest BCUT2D eigenvalue weighted by molar-refractivity contribution is 0.233. The molecule has 15 heavy (non-hydrogen) atoms. The van der Waals surface area contributed by atoms with Crippen molar-refractivity contribution in [1.29, 1.82) is 0 Å². The maximum Gasteiger partial charge on any atom is 0.257 e. The molecule has 1 aromatic heterocycles. The molecule has 0 aliphatic heterocycles. The van der Waals surface area contributed by atoms with Crippen molar-refractivity contribution >= 4 is 5.82 Å². The minimum absolute atomic E-state index is 0.124. The minimum atomic E-state index is 0.124. The van der Waals surface area contributed by atoms with Gasteiger partial charge in [0.1, 0.15) is 0 Å². The Hall–Kier alpha value is -1.32. The first-order valence-corrected chi connectivity index (χ1v) is 5.41. The van der Waals surface area contributed by atoms with Crippen LogP contribution in [0.25, 0.3) is 0 Å². The van der Waals surface area contributed by atoms with E-state index in [1.807, 2.05) is 13.8 Å². The molecule has 1 aliphatic rings. The molecule has 0 spiro atoms. The van der Waals surface area contributed by atoms with E-state index in [2.05, 4.69) is 22.2 Å². The summed E-state index contributed by atoms with van der Waals surface area (Å²) in [5.41, 5.74) is 0. The number of ether oxygens (including phenoxy) is 1. The van der Waals surface area contributed by atoms with Crippen LogP contribution in [-0.4, -0.2) is 22.1 Å². The largest absolute Gasteiger partial charge is 0.472 e. The summed E-state index contributed by atoms with van der Waals surface area (Å²) in [5.74, 6) is 2.10. The quantitative estimate of drug-likeness (QED) is 0.821. The van der Waals surface area contributed by atoms with E-state index < -0.39 is 0 Å². The van der Waals surface area contributed by atoms with E-state index in [9.17, 15) is 0 Å². The summed E-state index contributed by atoms with van der Waals surface area (Å²) in [4.78, 5) is 8.43. The number of nitrogens with zero attached hydrogens (tertiary/aromatic N) is 2. The Bertz CT molecular complexity index is 340. The predicted octanol–water partition coefficient (Wildman–Crippen LogP) is 2.08. The van der Waals surface area contributed by atoms with Gasteiger partial charge >= 0.3 is 0 Å². The van der Waals surface area contributed by atoms with E-state index in [0.29, 0.717) is 11.9 Å². The molecular formula is C11H17N3O. The Morgan fingerprint density at radius 2 is 2.07 bits per heavy atom. The molecule has 1 N–H and O–H groups in total. The summed E-state index contributed by atoms with van der Waals surface area (Å²) in [6.07, 6.45) is 4.67. The molecule has 82 valence electrons. The highest BCUT2D eigenvalue weighted by Gasteiger charge is 2.33. The summed E-state index contributed by atoms with van der Waals surface area (Å²) in [7, 11) is 0. The second kappa shape index (κ2) is 4.04. The molecule has 2 unspecified atom stereocenters. The van der Waals surface area contributed by atoms with Gasteiger partial charge in [-0.15, -0.1) is 0 Å². The Kier molecular flexibility index (Phi) is 2.75. The van der Waals surface area contributed by atoms with E-state index in [1.54, 1.807) is 12.4 Å². The zero-order valence-corrected chi connectivity index (χ0v) is 9.40. The van der Waals surface area contributed by atoms with E-state index in [-0.39, 0.29) is 6.10 Å². The van der Waals surface area contributed by atoms with Gasteiger partial charge in [0.2, 0.25) is 0 Å². The highest BCUT2D eigenvalue weighted by atomic mass is 16.5.